The maximum Gasteiger partial charge on any atom is 0.380 e. The molecule has 0 bridgehead atoms. The fourth-order valence-corrected chi connectivity index (χ4v) is 8.83. The quantitative estimate of drug-likeness (QED) is 0.161. The Bertz CT molecular complexity index is 2150. The molecule has 0 nitrogen and oxygen atoms in total. The van der Waals surface area contributed by atoms with Crippen LogP contribution >= 0.6 is 22.7 Å². The van der Waals surface area contributed by atoms with Crippen LogP contribution < -0.4 is 0 Å². The molecular weight excluding hydrogens is 635 g/mol. The average Bonchev–Trinajstić information content (AvgIpc) is 3.56. The Morgan fingerprint density at radius 3 is 1.70 bits per heavy atom. The molecule has 2 heterocycles. The van der Waals surface area contributed by atoms with Crippen LogP contribution in [0.25, 0.3) is 53.9 Å². The van der Waals surface area contributed by atoms with Crippen LogP contribution in [0.1, 0.15) is 26.4 Å². The normalized spacial score (nSPS) is 16.8. The van der Waals surface area contributed by atoms with Gasteiger partial charge in [-0.25, -0.2) is 0 Å². The van der Waals surface area contributed by atoms with Gasteiger partial charge in [0.15, 0.2) is 0 Å². The molecule has 4 aromatic carbocycles. The van der Waals surface area contributed by atoms with E-state index in [2.05, 4.69) is 0 Å². The number of rotatable bonds is 5. The van der Waals surface area contributed by atoms with Crippen molar-refractivity contribution in [2.24, 2.45) is 0 Å². The van der Waals surface area contributed by atoms with E-state index >= 15 is 26.3 Å². The highest BCUT2D eigenvalue weighted by molar-refractivity contribution is 7.19. The van der Waals surface area contributed by atoms with Gasteiger partial charge >= 0.3 is 17.8 Å². The lowest BCUT2D eigenvalue weighted by molar-refractivity contribution is -0.254. The first kappa shape index (κ1) is 30.5. The number of halogens is 6. The first-order chi connectivity index (χ1) is 21.9. The molecule has 0 radical (unpaired) electrons. The lowest BCUT2D eigenvalue weighted by Crippen LogP contribution is -2.49. The van der Waals surface area contributed by atoms with Crippen molar-refractivity contribution in [2.75, 3.05) is 0 Å². The standard InChI is InChI=1S/C38H26F6S2/c1-21-31(33-34(37(41,42)38(43,44)36(33,39)40)32-23(3)45-30-17-11-10-16-28(30)32)22(2)46-35(21)27-19-18-26(24-12-6-4-7-13-24)20-29(27)25-14-8-5-9-15-25/h4-20H,1-3H3. The summed E-state index contributed by atoms with van der Waals surface area (Å²) < 4.78 is 95.1. The van der Waals surface area contributed by atoms with Crippen molar-refractivity contribution in [1.82, 2.24) is 0 Å². The Morgan fingerprint density at radius 2 is 1.04 bits per heavy atom. The van der Waals surface area contributed by atoms with Crippen molar-refractivity contribution in [3.8, 4) is 32.7 Å². The predicted octanol–water partition coefficient (Wildman–Crippen LogP) is 12.7. The van der Waals surface area contributed by atoms with Gasteiger partial charge in [-0.05, 0) is 66.3 Å². The molecule has 0 N–H and O–H groups in total. The van der Waals surface area contributed by atoms with Crippen LogP contribution in [0.3, 0.4) is 0 Å². The molecule has 0 amide bonds. The van der Waals surface area contributed by atoms with E-state index in [-0.39, 0.29) is 31.8 Å². The molecule has 8 heteroatoms. The Hall–Kier alpha value is -4.14. The van der Waals surface area contributed by atoms with Crippen LogP contribution in [0.4, 0.5) is 26.3 Å². The van der Waals surface area contributed by atoms with Gasteiger partial charge in [0.05, 0.1) is 0 Å². The molecule has 0 saturated heterocycles. The summed E-state index contributed by atoms with van der Waals surface area (Å²) in [6.07, 6.45) is 0. The van der Waals surface area contributed by atoms with Gasteiger partial charge in [-0.15, -0.1) is 22.7 Å². The van der Waals surface area contributed by atoms with Crippen molar-refractivity contribution in [1.29, 1.82) is 0 Å². The number of hydrogen-bond acceptors (Lipinski definition) is 2. The summed E-state index contributed by atoms with van der Waals surface area (Å²) in [5.74, 6) is -15.9. The minimum absolute atomic E-state index is 0.249. The Labute approximate surface area is 270 Å². The number of alkyl halides is 6. The van der Waals surface area contributed by atoms with Crippen LogP contribution in [-0.4, -0.2) is 17.8 Å². The zero-order valence-corrected chi connectivity index (χ0v) is 26.5. The third-order valence-corrected chi connectivity index (χ3v) is 11.0. The maximum absolute atomic E-state index is 16.0. The molecule has 0 fully saturated rings. The van der Waals surface area contributed by atoms with Crippen molar-refractivity contribution in [3.63, 3.8) is 0 Å². The van der Waals surface area contributed by atoms with E-state index in [1.807, 2.05) is 78.9 Å². The number of allylic oxidation sites excluding steroid dienone is 2. The van der Waals surface area contributed by atoms with Gasteiger partial charge in [-0.3, -0.25) is 0 Å². The molecule has 0 spiro atoms. The molecule has 0 unspecified atom stereocenters. The van der Waals surface area contributed by atoms with Crippen LogP contribution in [0.15, 0.2) is 103 Å². The zero-order chi connectivity index (χ0) is 32.6. The largest absolute Gasteiger partial charge is 0.380 e. The Balaban J connectivity index is 1.52. The lowest BCUT2D eigenvalue weighted by atomic mass is 9.89. The number of fused-ring (bicyclic) bond motifs is 1. The van der Waals surface area contributed by atoms with Crippen molar-refractivity contribution >= 4 is 43.9 Å². The average molecular weight is 661 g/mol. The van der Waals surface area contributed by atoms with Crippen LogP contribution in [0.5, 0.6) is 0 Å². The van der Waals surface area contributed by atoms with E-state index in [1.165, 1.54) is 19.9 Å². The predicted molar refractivity (Wildman–Crippen MR) is 178 cm³/mol. The highest BCUT2D eigenvalue weighted by atomic mass is 32.1. The molecule has 232 valence electrons. The number of thiophene rings is 2. The first-order valence-corrected chi connectivity index (χ1v) is 16.2. The van der Waals surface area contributed by atoms with Crippen molar-refractivity contribution in [2.45, 2.75) is 38.5 Å². The van der Waals surface area contributed by atoms with Gasteiger partial charge in [-0.1, -0.05) is 91.0 Å². The van der Waals surface area contributed by atoms with E-state index in [4.69, 9.17) is 0 Å². The highest BCUT2D eigenvalue weighted by Crippen LogP contribution is 2.67. The second-order valence-corrected chi connectivity index (χ2v) is 14.0. The van der Waals surface area contributed by atoms with E-state index in [9.17, 15) is 0 Å². The zero-order valence-electron chi connectivity index (χ0n) is 24.9. The summed E-state index contributed by atoms with van der Waals surface area (Å²) in [5.41, 5.74) is 1.44. The van der Waals surface area contributed by atoms with Gasteiger partial charge in [0, 0.05) is 47.0 Å². The van der Waals surface area contributed by atoms with Gasteiger partial charge in [0.2, 0.25) is 0 Å². The smallest absolute Gasteiger partial charge is 0.194 e. The van der Waals surface area contributed by atoms with E-state index in [0.717, 1.165) is 44.9 Å². The number of benzene rings is 4. The topological polar surface area (TPSA) is 0 Å². The molecule has 0 aliphatic heterocycles. The third-order valence-electron chi connectivity index (χ3n) is 8.72. The molecule has 7 rings (SSSR count). The minimum atomic E-state index is -5.63. The van der Waals surface area contributed by atoms with E-state index < -0.39 is 28.9 Å². The summed E-state index contributed by atoms with van der Waals surface area (Å²) >= 11 is 2.26. The SMILES string of the molecule is Cc1sc(-c2ccc(-c3ccccc3)cc2-c2ccccc2)c(C)c1C1=C(c2c(C)sc3ccccc23)C(F)(F)C(F)(F)C1(F)F. The van der Waals surface area contributed by atoms with Crippen LogP contribution in [0, 0.1) is 20.8 Å². The summed E-state index contributed by atoms with van der Waals surface area (Å²) in [7, 11) is 0. The Morgan fingerprint density at radius 1 is 0.500 bits per heavy atom. The lowest BCUT2D eigenvalue weighted by Gasteiger charge is -2.26. The van der Waals surface area contributed by atoms with Crippen LogP contribution in [-0.2, 0) is 0 Å². The Kier molecular flexibility index (Phi) is 7.10. The molecule has 1 aliphatic rings. The molecular formula is C38H26F6S2. The second-order valence-electron chi connectivity index (χ2n) is 11.5. The number of hydrogen-bond donors (Lipinski definition) is 0. The van der Waals surface area contributed by atoms with E-state index in [0.29, 0.717) is 15.1 Å². The minimum Gasteiger partial charge on any atom is -0.194 e. The molecule has 2 aromatic heterocycles. The van der Waals surface area contributed by atoms with Crippen molar-refractivity contribution < 1.29 is 26.3 Å². The number of aryl methyl sites for hydroxylation is 2. The van der Waals surface area contributed by atoms with Gasteiger partial charge in [0.25, 0.3) is 0 Å². The highest BCUT2D eigenvalue weighted by Gasteiger charge is 2.80. The third kappa shape index (κ3) is 4.33. The summed E-state index contributed by atoms with van der Waals surface area (Å²) in [6.45, 7) is 4.60. The summed E-state index contributed by atoms with van der Waals surface area (Å²) in [6, 6.07) is 31.6. The fourth-order valence-electron chi connectivity index (χ4n) is 6.56. The summed E-state index contributed by atoms with van der Waals surface area (Å²) in [5, 5.41) is 0.249. The molecule has 1 aliphatic carbocycles. The van der Waals surface area contributed by atoms with Gasteiger partial charge in [-0.2, -0.15) is 26.3 Å². The molecule has 0 atom stereocenters. The van der Waals surface area contributed by atoms with Gasteiger partial charge < -0.3 is 0 Å². The first-order valence-electron chi connectivity index (χ1n) is 14.6. The monoisotopic (exact) mass is 660 g/mol. The molecule has 0 saturated carbocycles. The van der Waals surface area contributed by atoms with Gasteiger partial charge in [0.1, 0.15) is 0 Å². The maximum atomic E-state index is 16.0. The van der Waals surface area contributed by atoms with Crippen molar-refractivity contribution in [3.05, 3.63) is 130 Å². The second kappa shape index (κ2) is 10.7. The molecule has 6 aromatic rings. The van der Waals surface area contributed by atoms with E-state index in [1.54, 1.807) is 25.1 Å². The van der Waals surface area contributed by atoms with Crippen LogP contribution in [0.2, 0.25) is 0 Å². The summed E-state index contributed by atoms with van der Waals surface area (Å²) in [4.78, 5) is 1.09. The fraction of sp³-hybridized carbons (Fsp3) is 0.158. The molecule has 46 heavy (non-hydrogen) atoms.